The van der Waals surface area contributed by atoms with Crippen LogP contribution in [0.1, 0.15) is 19.3 Å². The highest BCUT2D eigenvalue weighted by Gasteiger charge is 2.30. The summed E-state index contributed by atoms with van der Waals surface area (Å²) in [7, 11) is 0. The average Bonchev–Trinajstić information content (AvgIpc) is 2.21. The Labute approximate surface area is 97.4 Å². The van der Waals surface area contributed by atoms with Crippen molar-refractivity contribution in [1.82, 2.24) is 5.32 Å². The Balaban J connectivity index is 4.45. The summed E-state index contributed by atoms with van der Waals surface area (Å²) in [5.41, 5.74) is 5.23. The number of carboxylic acid groups (broad SMARTS) is 3. The molecular weight excluding hydrogens is 232 g/mol. The van der Waals surface area contributed by atoms with E-state index < -0.39 is 30.0 Å². The van der Waals surface area contributed by atoms with E-state index in [1.54, 1.807) is 0 Å². The molecule has 1 atom stereocenters. The molecule has 0 bridgehead atoms. The van der Waals surface area contributed by atoms with Gasteiger partial charge < -0.3 is 21.1 Å². The Hall–Kier alpha value is -1.67. The lowest BCUT2D eigenvalue weighted by molar-refractivity contribution is -0.152. The van der Waals surface area contributed by atoms with Crippen LogP contribution in [0.15, 0.2) is 0 Å². The molecule has 17 heavy (non-hydrogen) atoms. The van der Waals surface area contributed by atoms with E-state index in [1.807, 2.05) is 0 Å². The molecule has 0 aliphatic heterocycles. The van der Waals surface area contributed by atoms with Crippen molar-refractivity contribution in [2.45, 2.75) is 31.3 Å². The molecule has 0 spiro atoms. The Bertz CT molecular complexity index is 279. The molecule has 0 aromatic heterocycles. The normalized spacial score (nSPS) is 12.4. The zero-order chi connectivity index (χ0) is 13.4. The molecule has 0 aromatic carbocycles. The van der Waals surface area contributed by atoms with Crippen molar-refractivity contribution in [3.63, 3.8) is 0 Å². The Kier molecular flexibility index (Phi) is 6.83. The summed E-state index contributed by atoms with van der Waals surface area (Å²) in [4.78, 5) is 31.9. The SMILES string of the molecule is NCCCCC(NC(C(=O)O)C(=O)O)C(=O)O. The molecule has 0 aliphatic rings. The van der Waals surface area contributed by atoms with Crippen molar-refractivity contribution in [1.29, 1.82) is 0 Å². The highest BCUT2D eigenvalue weighted by Crippen LogP contribution is 2.02. The molecule has 98 valence electrons. The fraction of sp³-hybridized carbons (Fsp3) is 0.667. The zero-order valence-corrected chi connectivity index (χ0v) is 9.13. The number of carbonyl (C=O) groups is 3. The smallest absolute Gasteiger partial charge is 0.332 e. The first kappa shape index (κ1) is 15.3. The second-order valence-corrected chi connectivity index (χ2v) is 3.45. The Morgan fingerprint density at radius 2 is 1.53 bits per heavy atom. The van der Waals surface area contributed by atoms with Crippen LogP contribution in [-0.2, 0) is 14.4 Å². The van der Waals surface area contributed by atoms with Crippen molar-refractivity contribution in [2.75, 3.05) is 6.54 Å². The number of nitrogens with one attached hydrogen (secondary N) is 1. The van der Waals surface area contributed by atoms with E-state index in [2.05, 4.69) is 5.32 Å². The van der Waals surface area contributed by atoms with Gasteiger partial charge >= 0.3 is 17.9 Å². The van der Waals surface area contributed by atoms with E-state index in [0.717, 1.165) is 0 Å². The van der Waals surface area contributed by atoms with Crippen LogP contribution in [-0.4, -0.2) is 51.9 Å². The highest BCUT2D eigenvalue weighted by atomic mass is 16.4. The van der Waals surface area contributed by atoms with Crippen molar-refractivity contribution >= 4 is 17.9 Å². The van der Waals surface area contributed by atoms with E-state index in [-0.39, 0.29) is 6.42 Å². The van der Waals surface area contributed by atoms with Crippen LogP contribution in [0.3, 0.4) is 0 Å². The van der Waals surface area contributed by atoms with Gasteiger partial charge in [0.1, 0.15) is 6.04 Å². The van der Waals surface area contributed by atoms with Gasteiger partial charge in [0, 0.05) is 0 Å². The molecule has 0 radical (unpaired) electrons. The van der Waals surface area contributed by atoms with E-state index in [4.69, 9.17) is 21.1 Å². The molecule has 0 saturated heterocycles. The molecule has 0 aliphatic carbocycles. The van der Waals surface area contributed by atoms with Gasteiger partial charge in [-0.15, -0.1) is 0 Å². The molecular formula is C9H16N2O6. The van der Waals surface area contributed by atoms with Crippen molar-refractivity contribution < 1.29 is 29.7 Å². The first-order chi connectivity index (χ1) is 7.90. The number of nitrogens with two attached hydrogens (primary N) is 1. The minimum Gasteiger partial charge on any atom is -0.480 e. The molecule has 0 rings (SSSR count). The van der Waals surface area contributed by atoms with Gasteiger partial charge in [-0.2, -0.15) is 0 Å². The van der Waals surface area contributed by atoms with Crippen LogP contribution < -0.4 is 11.1 Å². The van der Waals surface area contributed by atoms with E-state index in [0.29, 0.717) is 19.4 Å². The second-order valence-electron chi connectivity index (χ2n) is 3.45. The number of carboxylic acids is 3. The second kappa shape index (κ2) is 7.58. The quantitative estimate of drug-likeness (QED) is 0.249. The standard InChI is InChI=1S/C9H16N2O6/c10-4-2-1-3-5(7(12)13)11-6(8(14)15)9(16)17/h5-6,11H,1-4,10H2,(H,12,13)(H,14,15)(H,16,17). The van der Waals surface area contributed by atoms with Crippen LogP contribution in [0.5, 0.6) is 0 Å². The Morgan fingerprint density at radius 1 is 1.00 bits per heavy atom. The highest BCUT2D eigenvalue weighted by molar-refractivity contribution is 5.97. The van der Waals surface area contributed by atoms with E-state index >= 15 is 0 Å². The number of hydrogen-bond donors (Lipinski definition) is 5. The third-order valence-corrected chi connectivity index (χ3v) is 2.11. The molecule has 0 amide bonds. The average molecular weight is 248 g/mol. The van der Waals surface area contributed by atoms with Gasteiger partial charge in [0.2, 0.25) is 6.04 Å². The molecule has 6 N–H and O–H groups in total. The third kappa shape index (κ3) is 5.83. The van der Waals surface area contributed by atoms with Gasteiger partial charge in [-0.05, 0) is 19.4 Å². The van der Waals surface area contributed by atoms with Gasteiger partial charge in [0.25, 0.3) is 0 Å². The summed E-state index contributed by atoms with van der Waals surface area (Å²) in [6.07, 6.45) is 1.20. The minimum atomic E-state index is -1.92. The lowest BCUT2D eigenvalue weighted by Gasteiger charge is -2.17. The molecule has 1 unspecified atom stereocenters. The van der Waals surface area contributed by atoms with Gasteiger partial charge in [-0.1, -0.05) is 6.42 Å². The van der Waals surface area contributed by atoms with Crippen LogP contribution in [0, 0.1) is 0 Å². The van der Waals surface area contributed by atoms with Gasteiger partial charge in [-0.25, -0.2) is 9.59 Å². The molecule has 8 heteroatoms. The van der Waals surface area contributed by atoms with Crippen LogP contribution in [0.25, 0.3) is 0 Å². The summed E-state index contributed by atoms with van der Waals surface area (Å²) in [5, 5.41) is 28.1. The summed E-state index contributed by atoms with van der Waals surface area (Å²) >= 11 is 0. The monoisotopic (exact) mass is 248 g/mol. The number of rotatable bonds is 9. The van der Waals surface area contributed by atoms with E-state index in [9.17, 15) is 14.4 Å². The maximum Gasteiger partial charge on any atom is 0.332 e. The number of hydrogen-bond acceptors (Lipinski definition) is 5. The van der Waals surface area contributed by atoms with Gasteiger partial charge in [-0.3, -0.25) is 10.1 Å². The van der Waals surface area contributed by atoms with Crippen LogP contribution in [0.2, 0.25) is 0 Å². The molecule has 0 fully saturated rings. The first-order valence-corrected chi connectivity index (χ1v) is 5.04. The number of unbranched alkanes of at least 4 members (excludes halogenated alkanes) is 1. The largest absolute Gasteiger partial charge is 0.480 e. The summed E-state index contributed by atoms with van der Waals surface area (Å²) in [6, 6.07) is -3.13. The molecule has 8 nitrogen and oxygen atoms in total. The van der Waals surface area contributed by atoms with Gasteiger partial charge in [0.05, 0.1) is 0 Å². The van der Waals surface area contributed by atoms with Crippen LogP contribution in [0.4, 0.5) is 0 Å². The fourth-order valence-electron chi connectivity index (χ4n) is 1.22. The van der Waals surface area contributed by atoms with Gasteiger partial charge in [0.15, 0.2) is 0 Å². The third-order valence-electron chi connectivity index (χ3n) is 2.11. The zero-order valence-electron chi connectivity index (χ0n) is 9.13. The maximum absolute atomic E-state index is 10.8. The van der Waals surface area contributed by atoms with Crippen LogP contribution >= 0.6 is 0 Å². The summed E-state index contributed by atoms with van der Waals surface area (Å²) in [5.74, 6) is -4.53. The predicted octanol–water partition coefficient (Wildman–Crippen LogP) is -1.30. The Morgan fingerprint density at radius 3 is 1.88 bits per heavy atom. The van der Waals surface area contributed by atoms with Crippen molar-refractivity contribution in [3.05, 3.63) is 0 Å². The van der Waals surface area contributed by atoms with Crippen molar-refractivity contribution in [3.8, 4) is 0 Å². The summed E-state index contributed by atoms with van der Waals surface area (Å²) in [6.45, 7) is 0.396. The topological polar surface area (TPSA) is 150 Å². The first-order valence-electron chi connectivity index (χ1n) is 5.04. The van der Waals surface area contributed by atoms with Crippen molar-refractivity contribution in [2.24, 2.45) is 5.73 Å². The molecule has 0 heterocycles. The molecule has 0 aromatic rings. The van der Waals surface area contributed by atoms with E-state index in [1.165, 1.54) is 0 Å². The summed E-state index contributed by atoms with van der Waals surface area (Å²) < 4.78 is 0. The predicted molar refractivity (Wildman–Crippen MR) is 56.5 cm³/mol. The minimum absolute atomic E-state index is 0.129. The molecule has 0 saturated carbocycles. The lowest BCUT2D eigenvalue weighted by Crippen LogP contribution is -2.51. The maximum atomic E-state index is 10.8. The number of aliphatic carboxylic acids is 3. The lowest BCUT2D eigenvalue weighted by atomic mass is 10.1. The fourth-order valence-corrected chi connectivity index (χ4v) is 1.22.